The van der Waals surface area contributed by atoms with Crippen molar-refractivity contribution >= 4 is 52.5 Å². The van der Waals surface area contributed by atoms with Gasteiger partial charge in [-0.2, -0.15) is 0 Å². The molecule has 0 heterocycles. The number of amides is 2. The lowest BCUT2D eigenvalue weighted by Crippen LogP contribution is -2.17. The first-order valence-electron chi connectivity index (χ1n) is 7.31. The van der Waals surface area contributed by atoms with Crippen molar-refractivity contribution in [3.05, 3.63) is 64.1 Å². The predicted molar refractivity (Wildman–Crippen MR) is 101 cm³/mol. The molecular weight excluding hydrogens is 363 g/mol. The minimum absolute atomic E-state index is 0.0437. The number of hydrogen-bond donors (Lipinski definition) is 2. The Kier molecular flexibility index (Phi) is 7.01. The molecule has 0 aliphatic rings. The van der Waals surface area contributed by atoms with Gasteiger partial charge in [0.15, 0.2) is 0 Å². The summed E-state index contributed by atoms with van der Waals surface area (Å²) >= 11 is 12.1. The lowest BCUT2D eigenvalue weighted by Gasteiger charge is -2.07. The van der Waals surface area contributed by atoms with Crippen molar-refractivity contribution in [1.29, 1.82) is 0 Å². The fourth-order valence-corrected chi connectivity index (χ4v) is 2.54. The van der Waals surface area contributed by atoms with Crippen LogP contribution < -0.4 is 10.6 Å². The van der Waals surface area contributed by atoms with Crippen LogP contribution in [-0.4, -0.2) is 25.5 Å². The number of carbonyl (C=O) groups excluding carboxylic acids is 2. The number of nitrogens with one attached hydrogen (secondary N) is 2. The van der Waals surface area contributed by atoms with E-state index in [2.05, 4.69) is 10.6 Å². The molecule has 0 saturated heterocycles. The zero-order valence-corrected chi connectivity index (χ0v) is 14.9. The van der Waals surface area contributed by atoms with E-state index in [-0.39, 0.29) is 18.4 Å². The second-order valence-electron chi connectivity index (χ2n) is 5.02. The fourth-order valence-electron chi connectivity index (χ4n) is 2.02. The summed E-state index contributed by atoms with van der Waals surface area (Å²) in [5, 5.41) is 6.28. The van der Waals surface area contributed by atoms with Gasteiger partial charge in [-0.15, -0.1) is 0 Å². The maximum atomic E-state index is 12.1. The molecule has 2 N–H and O–H groups in total. The van der Waals surface area contributed by atoms with Crippen molar-refractivity contribution in [2.24, 2.45) is 0 Å². The molecule has 2 aromatic rings. The fraction of sp³-hybridized carbons (Fsp3) is 0.111. The van der Waals surface area contributed by atoms with Gasteiger partial charge < -0.3 is 15.4 Å². The third kappa shape index (κ3) is 5.90. The highest BCUT2D eigenvalue weighted by atomic mass is 35.5. The zero-order valence-electron chi connectivity index (χ0n) is 13.4. The molecule has 25 heavy (non-hydrogen) atoms. The van der Waals surface area contributed by atoms with E-state index in [0.29, 0.717) is 27.0 Å². The summed E-state index contributed by atoms with van der Waals surface area (Å²) < 4.78 is 4.75. The molecular formula is C18H16Cl2N2O3. The summed E-state index contributed by atoms with van der Waals surface area (Å²) in [5.41, 5.74) is 1.66. The Labute approximate surface area is 155 Å². The highest BCUT2D eigenvalue weighted by Crippen LogP contribution is 2.25. The van der Waals surface area contributed by atoms with Crippen LogP contribution in [0.1, 0.15) is 5.56 Å². The first-order valence-corrected chi connectivity index (χ1v) is 8.07. The summed E-state index contributed by atoms with van der Waals surface area (Å²) in [6.07, 6.45) is 2.88. The molecule has 2 amide bonds. The van der Waals surface area contributed by atoms with Crippen LogP contribution >= 0.6 is 23.2 Å². The molecule has 2 aromatic carbocycles. The largest absolute Gasteiger partial charge is 0.375 e. The van der Waals surface area contributed by atoms with E-state index in [0.717, 1.165) is 0 Å². The van der Waals surface area contributed by atoms with E-state index < -0.39 is 0 Å². The molecule has 2 rings (SSSR count). The molecule has 7 heteroatoms. The molecule has 0 fully saturated rings. The van der Waals surface area contributed by atoms with Gasteiger partial charge in [-0.1, -0.05) is 35.3 Å². The Balaban J connectivity index is 2.03. The van der Waals surface area contributed by atoms with Gasteiger partial charge in [-0.3, -0.25) is 9.59 Å². The molecule has 0 aliphatic carbocycles. The number of halogens is 2. The summed E-state index contributed by atoms with van der Waals surface area (Å²) in [5.74, 6) is -0.629. The highest BCUT2D eigenvalue weighted by molar-refractivity contribution is 6.37. The van der Waals surface area contributed by atoms with Gasteiger partial charge in [-0.05, 0) is 36.4 Å². The van der Waals surface area contributed by atoms with Gasteiger partial charge >= 0.3 is 0 Å². The van der Waals surface area contributed by atoms with Gasteiger partial charge in [0, 0.05) is 40.2 Å². The molecule has 0 bridgehead atoms. The van der Waals surface area contributed by atoms with Crippen molar-refractivity contribution < 1.29 is 14.3 Å². The zero-order chi connectivity index (χ0) is 18.2. The third-order valence-corrected chi connectivity index (χ3v) is 3.75. The smallest absolute Gasteiger partial charge is 0.250 e. The Bertz CT molecular complexity index is 786. The minimum atomic E-state index is -0.351. The van der Waals surface area contributed by atoms with Gasteiger partial charge in [0.05, 0.1) is 0 Å². The van der Waals surface area contributed by atoms with Crippen molar-refractivity contribution in [3.63, 3.8) is 0 Å². The quantitative estimate of drug-likeness (QED) is 0.739. The van der Waals surface area contributed by atoms with Crippen molar-refractivity contribution in [2.75, 3.05) is 24.4 Å². The maximum absolute atomic E-state index is 12.1. The van der Waals surface area contributed by atoms with Gasteiger partial charge in [0.2, 0.25) is 11.8 Å². The topological polar surface area (TPSA) is 67.4 Å². The number of methoxy groups -OCH3 is 1. The third-order valence-electron chi connectivity index (χ3n) is 3.09. The average Bonchev–Trinajstić information content (AvgIpc) is 2.55. The lowest BCUT2D eigenvalue weighted by atomic mass is 10.2. The summed E-state index contributed by atoms with van der Waals surface area (Å²) in [4.78, 5) is 23.6. The van der Waals surface area contributed by atoms with Crippen LogP contribution in [0.15, 0.2) is 48.5 Å². The molecule has 0 saturated carbocycles. The summed E-state index contributed by atoms with van der Waals surface area (Å²) in [6, 6.07) is 11.9. The van der Waals surface area contributed by atoms with Crippen LogP contribution in [0.3, 0.4) is 0 Å². The van der Waals surface area contributed by atoms with Crippen LogP contribution in [0.4, 0.5) is 11.4 Å². The van der Waals surface area contributed by atoms with Crippen LogP contribution in [0.25, 0.3) is 6.08 Å². The van der Waals surface area contributed by atoms with E-state index in [4.69, 9.17) is 27.9 Å². The van der Waals surface area contributed by atoms with E-state index in [1.54, 1.807) is 48.5 Å². The van der Waals surface area contributed by atoms with Crippen molar-refractivity contribution in [2.45, 2.75) is 0 Å². The first kappa shape index (κ1) is 19.0. The van der Waals surface area contributed by atoms with E-state index in [1.165, 1.54) is 13.2 Å². The average molecular weight is 379 g/mol. The first-order chi connectivity index (χ1) is 12.0. The van der Waals surface area contributed by atoms with Gasteiger partial charge in [-0.25, -0.2) is 0 Å². The molecule has 0 atom stereocenters. The standard InChI is InChI=1S/C18H16Cl2N2O3/c1-25-11-18(24)22-13-5-2-4-12(10-13)21-17(23)9-8-14-15(19)6-3-7-16(14)20/h2-10H,11H2,1H3,(H,21,23)(H,22,24)/b9-8+. The number of ether oxygens (including phenoxy) is 1. The molecule has 0 aliphatic heterocycles. The molecule has 5 nitrogen and oxygen atoms in total. The normalized spacial score (nSPS) is 10.7. The number of carbonyl (C=O) groups is 2. The van der Waals surface area contributed by atoms with Crippen LogP contribution in [0, 0.1) is 0 Å². The van der Waals surface area contributed by atoms with E-state index in [9.17, 15) is 9.59 Å². The van der Waals surface area contributed by atoms with Crippen molar-refractivity contribution in [3.8, 4) is 0 Å². The van der Waals surface area contributed by atoms with E-state index >= 15 is 0 Å². The highest BCUT2D eigenvalue weighted by Gasteiger charge is 2.05. The monoisotopic (exact) mass is 378 g/mol. The maximum Gasteiger partial charge on any atom is 0.250 e. The second kappa shape index (κ2) is 9.22. The summed E-state index contributed by atoms with van der Waals surface area (Å²) in [7, 11) is 1.44. The van der Waals surface area contributed by atoms with Gasteiger partial charge in [0.25, 0.3) is 0 Å². The second-order valence-corrected chi connectivity index (χ2v) is 5.83. The Hall–Kier alpha value is -2.34. The summed E-state index contributed by atoms with van der Waals surface area (Å²) in [6.45, 7) is -0.0437. The Morgan fingerprint density at radius 1 is 1.04 bits per heavy atom. The van der Waals surface area contributed by atoms with Crippen LogP contribution in [0.2, 0.25) is 10.0 Å². The number of anilines is 2. The lowest BCUT2D eigenvalue weighted by molar-refractivity contribution is -0.119. The molecule has 0 spiro atoms. The molecule has 130 valence electrons. The predicted octanol–water partition coefficient (Wildman–Crippen LogP) is 4.23. The van der Waals surface area contributed by atoms with E-state index in [1.807, 2.05) is 0 Å². The molecule has 0 aromatic heterocycles. The Morgan fingerprint density at radius 3 is 2.28 bits per heavy atom. The van der Waals surface area contributed by atoms with Crippen molar-refractivity contribution in [1.82, 2.24) is 0 Å². The molecule has 0 unspecified atom stereocenters. The number of rotatable bonds is 6. The van der Waals surface area contributed by atoms with Crippen LogP contribution in [-0.2, 0) is 14.3 Å². The Morgan fingerprint density at radius 2 is 1.64 bits per heavy atom. The number of hydrogen-bond acceptors (Lipinski definition) is 3. The van der Waals surface area contributed by atoms with Gasteiger partial charge in [0.1, 0.15) is 6.61 Å². The molecule has 0 radical (unpaired) electrons. The minimum Gasteiger partial charge on any atom is -0.375 e. The number of benzene rings is 2. The van der Waals surface area contributed by atoms with Crippen LogP contribution in [0.5, 0.6) is 0 Å². The SMILES string of the molecule is COCC(=O)Nc1cccc(NC(=O)/C=C/c2c(Cl)cccc2Cl)c1.